The fourth-order valence-corrected chi connectivity index (χ4v) is 1.25. The van der Waals surface area contributed by atoms with Crippen molar-refractivity contribution < 1.29 is 9.59 Å². The fraction of sp³-hybridized carbons (Fsp3) is 0.111. The first kappa shape index (κ1) is 7.79. The van der Waals surface area contributed by atoms with Crippen LogP contribution in [-0.4, -0.2) is 11.9 Å². The third-order valence-corrected chi connectivity index (χ3v) is 1.86. The van der Waals surface area contributed by atoms with Crippen molar-refractivity contribution in [1.82, 2.24) is 10.6 Å². The monoisotopic (exact) mass is 175 g/mol. The minimum atomic E-state index is -0.589. The molecular weight excluding hydrogens is 168 g/mol. The average Bonchev–Trinajstić information content (AvgIpc) is 2.47. The molecule has 1 atom stereocenters. The molecule has 4 heteroatoms. The van der Waals surface area contributed by atoms with Crippen LogP contribution in [-0.2, 0) is 4.79 Å². The zero-order valence-electron chi connectivity index (χ0n) is 6.73. The minimum Gasteiger partial charge on any atom is -0.320 e. The first-order valence-electron chi connectivity index (χ1n) is 3.88. The number of carbonyl (C=O) groups excluding carboxylic acids is 2. The van der Waals surface area contributed by atoms with Crippen LogP contribution in [0.15, 0.2) is 30.3 Å². The van der Waals surface area contributed by atoms with Crippen molar-refractivity contribution in [2.75, 3.05) is 0 Å². The second-order valence-corrected chi connectivity index (χ2v) is 2.74. The number of nitrogens with zero attached hydrogens (tertiary/aromatic N) is 1. The molecule has 13 heavy (non-hydrogen) atoms. The highest BCUT2D eigenvalue weighted by molar-refractivity contribution is 6.04. The summed E-state index contributed by atoms with van der Waals surface area (Å²) in [6.07, 6.45) is 0. The summed E-state index contributed by atoms with van der Waals surface area (Å²) in [6.45, 7) is 0. The molecule has 1 aliphatic heterocycles. The summed E-state index contributed by atoms with van der Waals surface area (Å²) in [7, 11) is 0. The normalized spacial score (nSPS) is 21.1. The van der Waals surface area contributed by atoms with Crippen molar-refractivity contribution in [3.8, 4) is 0 Å². The Morgan fingerprint density at radius 2 is 1.85 bits per heavy atom. The molecule has 1 unspecified atom stereocenters. The van der Waals surface area contributed by atoms with E-state index < -0.39 is 18.0 Å². The van der Waals surface area contributed by atoms with E-state index in [1.165, 1.54) is 0 Å². The van der Waals surface area contributed by atoms with Gasteiger partial charge in [0.15, 0.2) is 0 Å². The molecule has 3 amide bonds. The second kappa shape index (κ2) is 2.90. The molecule has 1 N–H and O–H groups in total. The Morgan fingerprint density at radius 1 is 1.15 bits per heavy atom. The zero-order valence-corrected chi connectivity index (χ0v) is 6.73. The van der Waals surface area contributed by atoms with Gasteiger partial charge in [-0.25, -0.2) is 4.79 Å². The number of hydrogen-bond acceptors (Lipinski definition) is 2. The van der Waals surface area contributed by atoms with Crippen molar-refractivity contribution in [2.45, 2.75) is 6.04 Å². The van der Waals surface area contributed by atoms with Gasteiger partial charge in [-0.2, -0.15) is 5.32 Å². The summed E-state index contributed by atoms with van der Waals surface area (Å²) in [4.78, 5) is 21.9. The third kappa shape index (κ3) is 1.38. The summed E-state index contributed by atoms with van der Waals surface area (Å²) in [5, 5.41) is 5.72. The lowest BCUT2D eigenvalue weighted by atomic mass is 10.1. The number of rotatable bonds is 1. The van der Waals surface area contributed by atoms with E-state index in [0.29, 0.717) is 0 Å². The lowest BCUT2D eigenvalue weighted by molar-refractivity contribution is -0.120. The molecule has 1 aromatic rings. The first-order chi connectivity index (χ1) is 6.27. The highest BCUT2D eigenvalue weighted by Gasteiger charge is 2.32. The number of urea groups is 1. The van der Waals surface area contributed by atoms with Gasteiger partial charge in [-0.1, -0.05) is 30.3 Å². The molecule has 1 radical (unpaired) electrons. The molecule has 65 valence electrons. The van der Waals surface area contributed by atoms with E-state index in [9.17, 15) is 9.59 Å². The molecule has 0 aliphatic carbocycles. The van der Waals surface area contributed by atoms with Crippen LogP contribution in [0.1, 0.15) is 11.6 Å². The SMILES string of the molecule is O=C1[N]C(=O)C(c2ccccc2)N1. The summed E-state index contributed by atoms with van der Waals surface area (Å²) in [5.41, 5.74) is 0.766. The van der Waals surface area contributed by atoms with E-state index in [4.69, 9.17) is 0 Å². The van der Waals surface area contributed by atoms with Crippen LogP contribution < -0.4 is 10.6 Å². The van der Waals surface area contributed by atoms with Crippen molar-refractivity contribution in [3.63, 3.8) is 0 Å². The van der Waals surface area contributed by atoms with Gasteiger partial charge in [0, 0.05) is 0 Å². The average molecular weight is 175 g/mol. The quantitative estimate of drug-likeness (QED) is 0.634. The molecule has 0 saturated carbocycles. The predicted molar refractivity (Wildman–Crippen MR) is 44.9 cm³/mol. The van der Waals surface area contributed by atoms with Gasteiger partial charge in [-0.3, -0.25) is 4.79 Å². The van der Waals surface area contributed by atoms with Crippen molar-refractivity contribution in [3.05, 3.63) is 35.9 Å². The van der Waals surface area contributed by atoms with Gasteiger partial charge < -0.3 is 5.32 Å². The van der Waals surface area contributed by atoms with Crippen LogP contribution in [0.25, 0.3) is 0 Å². The summed E-state index contributed by atoms with van der Waals surface area (Å²) >= 11 is 0. The highest BCUT2D eigenvalue weighted by Crippen LogP contribution is 2.16. The van der Waals surface area contributed by atoms with E-state index in [0.717, 1.165) is 5.56 Å². The van der Waals surface area contributed by atoms with Crippen LogP contribution >= 0.6 is 0 Å². The first-order valence-corrected chi connectivity index (χ1v) is 3.88. The van der Waals surface area contributed by atoms with Crippen LogP contribution in [0.3, 0.4) is 0 Å². The van der Waals surface area contributed by atoms with Gasteiger partial charge in [-0.05, 0) is 5.56 Å². The summed E-state index contributed by atoms with van der Waals surface area (Å²) in [6, 6.07) is 7.89. The van der Waals surface area contributed by atoms with Crippen LogP contribution in [0.4, 0.5) is 4.79 Å². The molecule has 1 fully saturated rings. The number of carbonyl (C=O) groups is 2. The van der Waals surface area contributed by atoms with Crippen molar-refractivity contribution >= 4 is 11.9 Å². The highest BCUT2D eigenvalue weighted by atomic mass is 16.2. The summed E-state index contributed by atoms with van der Waals surface area (Å²) < 4.78 is 0. The standard InChI is InChI=1S/C9H7N2O2/c12-8-7(10-9(13)11-8)6-4-2-1-3-5-6/h1-5,7H,(H,10,13). The molecule has 1 aliphatic rings. The molecule has 4 nitrogen and oxygen atoms in total. The molecule has 0 aromatic heterocycles. The molecule has 0 spiro atoms. The number of nitrogens with one attached hydrogen (secondary N) is 1. The maximum atomic E-state index is 11.1. The topological polar surface area (TPSA) is 60.3 Å². The lowest BCUT2D eigenvalue weighted by Gasteiger charge is -2.05. The maximum absolute atomic E-state index is 11.1. The molecule has 1 heterocycles. The number of hydrogen-bond donors (Lipinski definition) is 1. The van der Waals surface area contributed by atoms with Gasteiger partial charge >= 0.3 is 6.03 Å². The smallest absolute Gasteiger partial charge is 0.320 e. The molecular formula is C9H7N2O2. The van der Waals surface area contributed by atoms with E-state index in [-0.39, 0.29) is 0 Å². The van der Waals surface area contributed by atoms with E-state index >= 15 is 0 Å². The number of imide groups is 1. The van der Waals surface area contributed by atoms with Gasteiger partial charge in [0.25, 0.3) is 5.91 Å². The molecule has 1 aromatic carbocycles. The predicted octanol–water partition coefficient (Wildman–Crippen LogP) is 0.582. The Hall–Kier alpha value is -1.84. The largest absolute Gasteiger partial charge is 0.345 e. The van der Waals surface area contributed by atoms with Crippen molar-refractivity contribution in [2.24, 2.45) is 0 Å². The van der Waals surface area contributed by atoms with Crippen LogP contribution in [0.2, 0.25) is 0 Å². The van der Waals surface area contributed by atoms with Crippen LogP contribution in [0.5, 0.6) is 0 Å². The molecule has 0 bridgehead atoms. The summed E-state index contributed by atoms with van der Waals surface area (Å²) in [5.74, 6) is -0.420. The molecule has 2 rings (SSSR count). The van der Waals surface area contributed by atoms with Gasteiger partial charge in [-0.15, -0.1) is 0 Å². The Labute approximate surface area is 74.9 Å². The van der Waals surface area contributed by atoms with Crippen molar-refractivity contribution in [1.29, 1.82) is 0 Å². The molecule has 1 saturated heterocycles. The number of benzene rings is 1. The van der Waals surface area contributed by atoms with E-state index in [2.05, 4.69) is 10.6 Å². The Bertz CT molecular complexity index is 348. The Balaban J connectivity index is 2.28. The van der Waals surface area contributed by atoms with Gasteiger partial charge in [0.2, 0.25) is 0 Å². The van der Waals surface area contributed by atoms with E-state index in [1.54, 1.807) is 12.1 Å². The maximum Gasteiger partial charge on any atom is 0.345 e. The second-order valence-electron chi connectivity index (χ2n) is 2.74. The Morgan fingerprint density at radius 3 is 2.38 bits per heavy atom. The van der Waals surface area contributed by atoms with Gasteiger partial charge in [0.05, 0.1) is 0 Å². The number of amides is 3. The van der Waals surface area contributed by atoms with Crippen LogP contribution in [0, 0.1) is 0 Å². The third-order valence-electron chi connectivity index (χ3n) is 1.86. The lowest BCUT2D eigenvalue weighted by Crippen LogP contribution is -2.19. The zero-order chi connectivity index (χ0) is 9.26. The Kier molecular flexibility index (Phi) is 1.73. The van der Waals surface area contributed by atoms with E-state index in [1.807, 2.05) is 18.2 Å². The fourth-order valence-electron chi connectivity index (χ4n) is 1.25. The van der Waals surface area contributed by atoms with Gasteiger partial charge in [0.1, 0.15) is 6.04 Å². The minimum absolute atomic E-state index is 0.420.